The number of carboxylic acids is 1. The molecule has 1 fully saturated rings. The number of para-hydroxylation sites is 1. The van der Waals surface area contributed by atoms with E-state index >= 15 is 0 Å². The first-order chi connectivity index (χ1) is 11.9. The lowest BCUT2D eigenvalue weighted by atomic mass is 9.93. The fourth-order valence-electron chi connectivity index (χ4n) is 3.38. The first kappa shape index (κ1) is 17.2. The smallest absolute Gasteiger partial charge is 0.308 e. The second-order valence-electron chi connectivity index (χ2n) is 6.86. The van der Waals surface area contributed by atoms with Crippen LogP contribution in [0.15, 0.2) is 30.3 Å². The molecule has 1 aliphatic heterocycles. The maximum atomic E-state index is 13.0. The van der Waals surface area contributed by atoms with Crippen molar-refractivity contribution in [2.45, 2.75) is 25.8 Å². The maximum absolute atomic E-state index is 13.0. The SMILES string of the molecule is CC1CCC(C(=O)O)CN1C(=O)c1cc(N(C)C)c2ccccc2n1. The van der Waals surface area contributed by atoms with Crippen molar-refractivity contribution in [1.29, 1.82) is 0 Å². The third-order valence-electron chi connectivity index (χ3n) is 4.89. The number of aromatic nitrogens is 1. The Kier molecular flexibility index (Phi) is 4.61. The highest BCUT2D eigenvalue weighted by Gasteiger charge is 2.33. The van der Waals surface area contributed by atoms with Crippen molar-refractivity contribution >= 4 is 28.5 Å². The molecule has 0 saturated carbocycles. The predicted octanol–water partition coefficient (Wildman–Crippen LogP) is 2.63. The van der Waals surface area contributed by atoms with Gasteiger partial charge in [0.2, 0.25) is 0 Å². The Bertz CT molecular complexity index is 819. The fraction of sp³-hybridized carbons (Fsp3) is 0.421. The molecule has 0 radical (unpaired) electrons. The van der Waals surface area contributed by atoms with E-state index < -0.39 is 11.9 Å². The number of nitrogens with zero attached hydrogens (tertiary/aromatic N) is 3. The van der Waals surface area contributed by atoms with E-state index in [0.717, 1.165) is 16.6 Å². The van der Waals surface area contributed by atoms with E-state index in [2.05, 4.69) is 4.98 Å². The van der Waals surface area contributed by atoms with Crippen LogP contribution in [-0.2, 0) is 4.79 Å². The summed E-state index contributed by atoms with van der Waals surface area (Å²) in [5, 5.41) is 10.3. The normalized spacial score (nSPS) is 20.5. The first-order valence-corrected chi connectivity index (χ1v) is 8.49. The number of carbonyl (C=O) groups excluding carboxylic acids is 1. The van der Waals surface area contributed by atoms with Crippen LogP contribution in [-0.4, -0.2) is 53.5 Å². The summed E-state index contributed by atoms with van der Waals surface area (Å²) in [7, 11) is 3.86. The highest BCUT2D eigenvalue weighted by Crippen LogP contribution is 2.28. The fourth-order valence-corrected chi connectivity index (χ4v) is 3.38. The Morgan fingerprint density at radius 3 is 2.64 bits per heavy atom. The molecule has 0 aliphatic carbocycles. The van der Waals surface area contributed by atoms with Crippen molar-refractivity contribution in [3.05, 3.63) is 36.0 Å². The number of anilines is 1. The Labute approximate surface area is 147 Å². The second kappa shape index (κ2) is 6.70. The molecule has 1 aliphatic rings. The number of rotatable bonds is 3. The van der Waals surface area contributed by atoms with E-state index in [9.17, 15) is 14.7 Å². The molecular weight excluding hydrogens is 318 g/mol. The Morgan fingerprint density at radius 2 is 1.96 bits per heavy atom. The molecule has 0 spiro atoms. The van der Waals surface area contributed by atoms with E-state index in [-0.39, 0.29) is 18.5 Å². The van der Waals surface area contributed by atoms with E-state index in [4.69, 9.17) is 0 Å². The van der Waals surface area contributed by atoms with Crippen molar-refractivity contribution in [2.75, 3.05) is 25.5 Å². The van der Waals surface area contributed by atoms with Gasteiger partial charge in [-0.05, 0) is 31.9 Å². The monoisotopic (exact) mass is 341 g/mol. The number of carbonyl (C=O) groups is 2. The molecule has 1 N–H and O–H groups in total. The van der Waals surface area contributed by atoms with Gasteiger partial charge in [-0.2, -0.15) is 0 Å². The molecular formula is C19H23N3O3. The highest BCUT2D eigenvalue weighted by molar-refractivity contribution is 6.00. The Hall–Kier alpha value is -2.63. The summed E-state index contributed by atoms with van der Waals surface area (Å²) in [6.07, 6.45) is 1.30. The lowest BCUT2D eigenvalue weighted by Gasteiger charge is -2.36. The molecule has 6 heteroatoms. The number of piperidine rings is 1. The zero-order valence-corrected chi connectivity index (χ0v) is 14.8. The summed E-state index contributed by atoms with van der Waals surface area (Å²) in [5.74, 6) is -1.55. The number of amides is 1. The van der Waals surface area contributed by atoms with Crippen LogP contribution in [0.3, 0.4) is 0 Å². The minimum absolute atomic E-state index is 0.0131. The van der Waals surface area contributed by atoms with E-state index in [1.807, 2.05) is 50.2 Å². The van der Waals surface area contributed by atoms with Gasteiger partial charge >= 0.3 is 5.97 Å². The molecule has 6 nitrogen and oxygen atoms in total. The summed E-state index contributed by atoms with van der Waals surface area (Å²) in [6.45, 7) is 2.20. The van der Waals surface area contributed by atoms with Gasteiger partial charge in [-0.15, -0.1) is 0 Å². The average Bonchev–Trinajstić information content (AvgIpc) is 2.60. The Balaban J connectivity index is 2.00. The first-order valence-electron chi connectivity index (χ1n) is 8.49. The summed E-state index contributed by atoms with van der Waals surface area (Å²) in [4.78, 5) is 32.5. The lowest BCUT2D eigenvalue weighted by molar-refractivity contribution is -0.143. The lowest BCUT2D eigenvalue weighted by Crippen LogP contribution is -2.47. The number of aliphatic carboxylic acids is 1. The summed E-state index contributed by atoms with van der Waals surface area (Å²) in [6, 6.07) is 9.52. The zero-order valence-electron chi connectivity index (χ0n) is 14.8. The van der Waals surface area contributed by atoms with Gasteiger partial charge in [0.15, 0.2) is 0 Å². The summed E-state index contributed by atoms with van der Waals surface area (Å²) < 4.78 is 0. The van der Waals surface area contributed by atoms with Crippen LogP contribution < -0.4 is 4.90 Å². The van der Waals surface area contributed by atoms with Crippen LogP contribution in [0, 0.1) is 5.92 Å². The largest absolute Gasteiger partial charge is 0.481 e. The van der Waals surface area contributed by atoms with Crippen molar-refractivity contribution < 1.29 is 14.7 Å². The van der Waals surface area contributed by atoms with Crippen molar-refractivity contribution in [1.82, 2.24) is 9.88 Å². The van der Waals surface area contributed by atoms with Crippen LogP contribution in [0.5, 0.6) is 0 Å². The van der Waals surface area contributed by atoms with Gasteiger partial charge in [0.05, 0.1) is 11.4 Å². The molecule has 25 heavy (non-hydrogen) atoms. The number of hydrogen-bond acceptors (Lipinski definition) is 4. The third-order valence-corrected chi connectivity index (χ3v) is 4.89. The number of hydrogen-bond donors (Lipinski definition) is 1. The van der Waals surface area contributed by atoms with Crippen molar-refractivity contribution in [2.24, 2.45) is 5.92 Å². The number of likely N-dealkylation sites (tertiary alicyclic amines) is 1. The second-order valence-corrected chi connectivity index (χ2v) is 6.86. The maximum Gasteiger partial charge on any atom is 0.308 e. The van der Waals surface area contributed by atoms with Crippen LogP contribution in [0.4, 0.5) is 5.69 Å². The number of carboxylic acid groups (broad SMARTS) is 1. The zero-order chi connectivity index (χ0) is 18.1. The van der Waals surface area contributed by atoms with E-state index in [1.54, 1.807) is 11.0 Å². The summed E-state index contributed by atoms with van der Waals surface area (Å²) >= 11 is 0. The summed E-state index contributed by atoms with van der Waals surface area (Å²) in [5.41, 5.74) is 2.05. The van der Waals surface area contributed by atoms with Gasteiger partial charge in [-0.3, -0.25) is 9.59 Å². The van der Waals surface area contributed by atoms with Gasteiger partial charge in [0.1, 0.15) is 5.69 Å². The number of fused-ring (bicyclic) bond motifs is 1. The molecule has 2 heterocycles. The number of pyridine rings is 1. The molecule has 132 valence electrons. The van der Waals surface area contributed by atoms with Crippen LogP contribution in [0.25, 0.3) is 10.9 Å². The van der Waals surface area contributed by atoms with Crippen LogP contribution in [0.1, 0.15) is 30.3 Å². The van der Waals surface area contributed by atoms with Crippen LogP contribution >= 0.6 is 0 Å². The molecule has 2 atom stereocenters. The molecule has 2 unspecified atom stereocenters. The van der Waals surface area contributed by atoms with Gasteiger partial charge in [-0.1, -0.05) is 18.2 Å². The molecule has 0 bridgehead atoms. The van der Waals surface area contributed by atoms with Crippen LogP contribution in [0.2, 0.25) is 0 Å². The van der Waals surface area contributed by atoms with Crippen molar-refractivity contribution in [3.8, 4) is 0 Å². The molecule has 1 saturated heterocycles. The molecule has 1 amide bonds. The van der Waals surface area contributed by atoms with Gasteiger partial charge in [-0.25, -0.2) is 4.98 Å². The van der Waals surface area contributed by atoms with E-state index in [0.29, 0.717) is 18.5 Å². The quantitative estimate of drug-likeness (QED) is 0.929. The third kappa shape index (κ3) is 3.29. The van der Waals surface area contributed by atoms with Crippen molar-refractivity contribution in [3.63, 3.8) is 0 Å². The molecule has 3 rings (SSSR count). The topological polar surface area (TPSA) is 73.7 Å². The van der Waals surface area contributed by atoms with Gasteiger partial charge in [0.25, 0.3) is 5.91 Å². The molecule has 1 aromatic carbocycles. The standard InChI is InChI=1S/C19H23N3O3/c1-12-8-9-13(19(24)25)11-22(12)18(23)16-10-17(21(2)3)14-6-4-5-7-15(14)20-16/h4-7,10,12-13H,8-9,11H2,1-3H3,(H,24,25). The minimum Gasteiger partial charge on any atom is -0.481 e. The Morgan fingerprint density at radius 1 is 1.24 bits per heavy atom. The number of benzene rings is 1. The van der Waals surface area contributed by atoms with Gasteiger partial charge in [0, 0.05) is 37.8 Å². The average molecular weight is 341 g/mol. The highest BCUT2D eigenvalue weighted by atomic mass is 16.4. The minimum atomic E-state index is -0.842. The van der Waals surface area contributed by atoms with E-state index in [1.165, 1.54) is 0 Å². The molecule has 2 aromatic rings. The van der Waals surface area contributed by atoms with Gasteiger partial charge < -0.3 is 14.9 Å². The molecule has 1 aromatic heterocycles. The predicted molar refractivity (Wildman–Crippen MR) is 96.9 cm³/mol.